The number of nitrogens with zero attached hydrogens (tertiary/aromatic N) is 3. The molecule has 0 saturated carbocycles. The topological polar surface area (TPSA) is 61.6 Å². The normalized spacial score (nSPS) is 10.1. The molecule has 0 spiro atoms. The Morgan fingerprint density at radius 3 is 2.67 bits per heavy atom. The molecule has 0 unspecified atom stereocenters. The first-order valence-corrected chi connectivity index (χ1v) is 6.92. The van der Waals surface area contributed by atoms with E-state index >= 15 is 0 Å². The minimum atomic E-state index is -0.298. The van der Waals surface area contributed by atoms with Gasteiger partial charge in [0.2, 0.25) is 0 Å². The smallest absolute Gasteiger partial charge is 0.189 e. The molecule has 0 aliphatic heterocycles. The molecule has 102 valence electrons. The van der Waals surface area contributed by atoms with Crippen molar-refractivity contribution >= 4 is 22.2 Å². The summed E-state index contributed by atoms with van der Waals surface area (Å²) in [7, 11) is 0. The van der Waals surface area contributed by atoms with E-state index in [0.717, 1.165) is 5.56 Å². The van der Waals surface area contributed by atoms with Crippen molar-refractivity contribution in [1.29, 1.82) is 5.26 Å². The molecule has 0 amide bonds. The average Bonchev–Trinajstić information content (AvgIpc) is 2.93. The lowest BCUT2D eigenvalue weighted by Crippen LogP contribution is -1.89. The lowest BCUT2D eigenvalue weighted by molar-refractivity contribution is 0.628. The molecule has 0 fully saturated rings. The lowest BCUT2D eigenvalue weighted by atomic mass is 10.2. The molecular weight excluding hydrogens is 287 g/mol. The summed E-state index contributed by atoms with van der Waals surface area (Å²) in [6.45, 7) is 0. The molecule has 0 atom stereocenters. The fourth-order valence-electron chi connectivity index (χ4n) is 1.80. The summed E-state index contributed by atoms with van der Waals surface area (Å²) in [5.74, 6) is -0.298. The van der Waals surface area contributed by atoms with Crippen LogP contribution in [0, 0.1) is 17.1 Å². The van der Waals surface area contributed by atoms with E-state index in [4.69, 9.17) is 0 Å². The number of benzene rings is 1. The van der Waals surface area contributed by atoms with Gasteiger partial charge in [-0.15, -0.1) is 0 Å². The van der Waals surface area contributed by atoms with E-state index in [-0.39, 0.29) is 5.82 Å². The molecule has 0 radical (unpaired) electrons. The molecule has 0 aliphatic rings. The summed E-state index contributed by atoms with van der Waals surface area (Å²) in [6, 6.07) is 11.7. The lowest BCUT2D eigenvalue weighted by Gasteiger charge is -2.01. The van der Waals surface area contributed by atoms with Crippen LogP contribution >= 0.6 is 11.3 Å². The van der Waals surface area contributed by atoms with Crippen LogP contribution < -0.4 is 5.32 Å². The zero-order chi connectivity index (χ0) is 14.7. The predicted molar refractivity (Wildman–Crippen MR) is 79.7 cm³/mol. The second kappa shape index (κ2) is 5.69. The fourth-order valence-corrected chi connectivity index (χ4v) is 2.61. The molecule has 3 rings (SSSR count). The summed E-state index contributed by atoms with van der Waals surface area (Å²) in [5.41, 5.74) is 2.10. The van der Waals surface area contributed by atoms with Crippen LogP contribution in [0.15, 0.2) is 48.8 Å². The average molecular weight is 296 g/mol. The molecule has 0 bridgehead atoms. The van der Waals surface area contributed by atoms with Crippen LogP contribution in [-0.4, -0.2) is 9.97 Å². The summed E-state index contributed by atoms with van der Waals surface area (Å²) >= 11 is 1.25. The number of nitriles is 1. The molecule has 2 heterocycles. The van der Waals surface area contributed by atoms with Gasteiger partial charge in [-0.1, -0.05) is 11.3 Å². The first-order chi connectivity index (χ1) is 10.3. The van der Waals surface area contributed by atoms with Crippen LogP contribution in [0.25, 0.3) is 11.3 Å². The summed E-state index contributed by atoms with van der Waals surface area (Å²) in [5, 5.41) is 12.9. The van der Waals surface area contributed by atoms with Gasteiger partial charge in [0.25, 0.3) is 0 Å². The maximum atomic E-state index is 12.9. The Kier molecular flexibility index (Phi) is 3.58. The molecule has 21 heavy (non-hydrogen) atoms. The van der Waals surface area contributed by atoms with Gasteiger partial charge >= 0.3 is 0 Å². The Bertz CT molecular complexity index is 791. The van der Waals surface area contributed by atoms with Crippen molar-refractivity contribution < 1.29 is 4.39 Å². The van der Waals surface area contributed by atoms with E-state index in [1.165, 1.54) is 23.5 Å². The van der Waals surface area contributed by atoms with E-state index in [0.29, 0.717) is 21.4 Å². The number of pyridine rings is 1. The van der Waals surface area contributed by atoms with Gasteiger partial charge in [0, 0.05) is 23.6 Å². The van der Waals surface area contributed by atoms with Crippen molar-refractivity contribution in [2.75, 3.05) is 5.32 Å². The summed E-state index contributed by atoms with van der Waals surface area (Å²) in [6.07, 6.45) is 3.33. The second-order valence-corrected chi connectivity index (χ2v) is 5.18. The van der Waals surface area contributed by atoms with Crippen LogP contribution in [-0.2, 0) is 0 Å². The van der Waals surface area contributed by atoms with Crippen molar-refractivity contribution in [2.45, 2.75) is 0 Å². The third-order valence-electron chi connectivity index (χ3n) is 2.76. The predicted octanol–water partition coefficient (Wildman–Crippen LogP) is 3.96. The largest absolute Gasteiger partial charge is 0.332 e. The summed E-state index contributed by atoms with van der Waals surface area (Å²) in [4.78, 5) is 8.96. The molecule has 3 aromatic rings. The zero-order valence-electron chi connectivity index (χ0n) is 10.7. The number of halogens is 1. The molecule has 1 N–H and O–H groups in total. The van der Waals surface area contributed by atoms with E-state index in [1.807, 2.05) is 6.07 Å². The highest BCUT2D eigenvalue weighted by molar-refractivity contribution is 7.16. The number of anilines is 2. The highest BCUT2D eigenvalue weighted by Gasteiger charge is 2.13. The minimum absolute atomic E-state index is 0.298. The van der Waals surface area contributed by atoms with Gasteiger partial charge in [0.1, 0.15) is 22.5 Å². The third kappa shape index (κ3) is 2.88. The maximum absolute atomic E-state index is 12.9. The third-order valence-corrected chi connectivity index (χ3v) is 3.63. The number of thiazole rings is 1. The quantitative estimate of drug-likeness (QED) is 0.794. The monoisotopic (exact) mass is 296 g/mol. The highest BCUT2D eigenvalue weighted by atomic mass is 32.1. The van der Waals surface area contributed by atoms with E-state index in [1.54, 1.807) is 30.6 Å². The van der Waals surface area contributed by atoms with Gasteiger partial charge in [-0.3, -0.25) is 4.98 Å². The van der Waals surface area contributed by atoms with Gasteiger partial charge < -0.3 is 5.32 Å². The van der Waals surface area contributed by atoms with E-state index in [9.17, 15) is 9.65 Å². The Balaban J connectivity index is 1.93. The van der Waals surface area contributed by atoms with E-state index in [2.05, 4.69) is 21.4 Å². The number of rotatable bonds is 3. The number of nitrogens with one attached hydrogen (secondary N) is 1. The van der Waals surface area contributed by atoms with Crippen LogP contribution in [0.1, 0.15) is 4.88 Å². The van der Waals surface area contributed by atoms with Crippen LogP contribution in [0.4, 0.5) is 15.2 Å². The molecule has 2 aromatic heterocycles. The molecule has 0 aliphatic carbocycles. The molecule has 0 saturated heterocycles. The van der Waals surface area contributed by atoms with Gasteiger partial charge in [0.05, 0.1) is 0 Å². The van der Waals surface area contributed by atoms with E-state index < -0.39 is 0 Å². The van der Waals surface area contributed by atoms with Crippen molar-refractivity contribution in [3.8, 4) is 17.3 Å². The van der Waals surface area contributed by atoms with Crippen molar-refractivity contribution in [3.05, 3.63) is 59.5 Å². The van der Waals surface area contributed by atoms with Crippen LogP contribution in [0.5, 0.6) is 0 Å². The first kappa shape index (κ1) is 13.2. The van der Waals surface area contributed by atoms with Gasteiger partial charge in [0.15, 0.2) is 5.13 Å². The van der Waals surface area contributed by atoms with Crippen LogP contribution in [0.3, 0.4) is 0 Å². The van der Waals surface area contributed by atoms with Crippen LogP contribution in [0.2, 0.25) is 0 Å². The molecular formula is C15H9FN4S. The SMILES string of the molecule is N#Cc1sc(Nc2ccc(F)cc2)nc1-c1cccnc1. The fraction of sp³-hybridized carbons (Fsp3) is 0. The number of hydrogen-bond donors (Lipinski definition) is 1. The molecule has 4 nitrogen and oxygen atoms in total. The molecule has 1 aromatic carbocycles. The van der Waals surface area contributed by atoms with Gasteiger partial charge in [-0.25, -0.2) is 9.37 Å². The first-order valence-electron chi connectivity index (χ1n) is 6.10. The van der Waals surface area contributed by atoms with Crippen molar-refractivity contribution in [3.63, 3.8) is 0 Å². The van der Waals surface area contributed by atoms with Gasteiger partial charge in [-0.05, 0) is 36.4 Å². The summed E-state index contributed by atoms with van der Waals surface area (Å²) < 4.78 is 12.9. The minimum Gasteiger partial charge on any atom is -0.332 e. The highest BCUT2D eigenvalue weighted by Crippen LogP contribution is 2.31. The Hall–Kier alpha value is -2.78. The zero-order valence-corrected chi connectivity index (χ0v) is 11.6. The number of aromatic nitrogens is 2. The Morgan fingerprint density at radius 1 is 1.19 bits per heavy atom. The van der Waals surface area contributed by atoms with Gasteiger partial charge in [-0.2, -0.15) is 5.26 Å². The Morgan fingerprint density at radius 2 is 2.00 bits per heavy atom. The van der Waals surface area contributed by atoms with Crippen molar-refractivity contribution in [2.24, 2.45) is 0 Å². The second-order valence-electron chi connectivity index (χ2n) is 4.18. The van der Waals surface area contributed by atoms with Crippen molar-refractivity contribution in [1.82, 2.24) is 9.97 Å². The standard InChI is InChI=1S/C15H9FN4S/c16-11-3-5-12(6-4-11)19-15-20-14(13(8-17)21-15)10-2-1-7-18-9-10/h1-7,9H,(H,19,20). The maximum Gasteiger partial charge on any atom is 0.189 e. The molecule has 6 heteroatoms. The number of hydrogen-bond acceptors (Lipinski definition) is 5. The Labute approximate surface area is 124 Å².